The number of likely N-dealkylation sites (N-methyl/N-ethyl adjacent to an activating group) is 1. The number of rotatable bonds is 3. The van der Waals surface area contributed by atoms with Crippen LogP contribution in [0.5, 0.6) is 5.75 Å². The van der Waals surface area contributed by atoms with Crippen molar-refractivity contribution in [1.82, 2.24) is 15.1 Å². The Hall–Kier alpha value is -2.57. The molecule has 0 unspecified atom stereocenters. The minimum absolute atomic E-state index is 0.0201. The third-order valence-electron chi connectivity index (χ3n) is 3.83. The molecule has 1 aromatic rings. The minimum Gasteiger partial charge on any atom is -0.493 e. The number of urea groups is 1. The van der Waals surface area contributed by atoms with Crippen molar-refractivity contribution >= 4 is 17.8 Å². The van der Waals surface area contributed by atoms with Gasteiger partial charge in [0.2, 0.25) is 5.91 Å². The van der Waals surface area contributed by atoms with E-state index in [0.717, 1.165) is 16.2 Å². The number of benzene rings is 1. The first-order valence-corrected chi connectivity index (χ1v) is 7.13. The van der Waals surface area contributed by atoms with Crippen molar-refractivity contribution in [1.29, 1.82) is 0 Å². The number of imide groups is 1. The number of amides is 4. The molecule has 0 radical (unpaired) electrons. The topological polar surface area (TPSA) is 79.0 Å². The zero-order chi connectivity index (χ0) is 15.7. The summed E-state index contributed by atoms with van der Waals surface area (Å²) >= 11 is 0. The van der Waals surface area contributed by atoms with Gasteiger partial charge in [0.1, 0.15) is 18.8 Å². The van der Waals surface area contributed by atoms with Gasteiger partial charge < -0.3 is 15.0 Å². The van der Waals surface area contributed by atoms with Crippen LogP contribution in [0.1, 0.15) is 18.0 Å². The summed E-state index contributed by atoms with van der Waals surface area (Å²) in [6.45, 7) is 0.292. The molecular weight excluding hydrogens is 286 g/mol. The summed E-state index contributed by atoms with van der Waals surface area (Å²) in [5.74, 6) is 0.0563. The van der Waals surface area contributed by atoms with Crippen molar-refractivity contribution in [2.24, 2.45) is 0 Å². The predicted octanol–water partition coefficient (Wildman–Crippen LogP) is 0.520. The number of para-hydroxylation sites is 1. The van der Waals surface area contributed by atoms with Crippen LogP contribution in [0.15, 0.2) is 24.3 Å². The maximum atomic E-state index is 12.2. The van der Waals surface area contributed by atoms with Crippen LogP contribution in [0.2, 0.25) is 0 Å². The maximum Gasteiger partial charge on any atom is 0.327 e. The monoisotopic (exact) mass is 303 g/mol. The van der Waals surface area contributed by atoms with Gasteiger partial charge in [-0.1, -0.05) is 18.2 Å². The van der Waals surface area contributed by atoms with Crippen molar-refractivity contribution < 1.29 is 19.1 Å². The van der Waals surface area contributed by atoms with Gasteiger partial charge in [-0.15, -0.1) is 0 Å². The van der Waals surface area contributed by atoms with E-state index in [1.165, 1.54) is 11.9 Å². The predicted molar refractivity (Wildman–Crippen MR) is 77.2 cm³/mol. The number of hydrogen-bond donors (Lipinski definition) is 1. The number of carbonyl (C=O) groups is 3. The SMILES string of the molecule is CN1CC(=O)N(CC(=O)N[C@H]2CCOc3ccccc32)C1=O. The lowest BCUT2D eigenvalue weighted by atomic mass is 10.0. The van der Waals surface area contributed by atoms with Crippen LogP contribution in [-0.2, 0) is 9.59 Å². The molecule has 3 rings (SSSR count). The fourth-order valence-corrected chi connectivity index (χ4v) is 2.70. The van der Waals surface area contributed by atoms with Crippen LogP contribution in [0, 0.1) is 0 Å². The molecule has 0 aliphatic carbocycles. The fraction of sp³-hybridized carbons (Fsp3) is 0.400. The highest BCUT2D eigenvalue weighted by molar-refractivity contribution is 6.04. The largest absolute Gasteiger partial charge is 0.493 e. The Bertz CT molecular complexity index is 631. The van der Waals surface area contributed by atoms with Gasteiger partial charge in [0, 0.05) is 19.0 Å². The smallest absolute Gasteiger partial charge is 0.327 e. The molecule has 22 heavy (non-hydrogen) atoms. The van der Waals surface area contributed by atoms with Crippen molar-refractivity contribution in [3.05, 3.63) is 29.8 Å². The molecule has 7 heteroatoms. The van der Waals surface area contributed by atoms with Crippen molar-refractivity contribution in [2.45, 2.75) is 12.5 Å². The molecule has 7 nitrogen and oxygen atoms in total. The second kappa shape index (κ2) is 5.67. The summed E-state index contributed by atoms with van der Waals surface area (Å²) in [6, 6.07) is 6.92. The number of nitrogens with one attached hydrogen (secondary N) is 1. The van der Waals surface area contributed by atoms with E-state index in [1.54, 1.807) is 0 Å². The van der Waals surface area contributed by atoms with E-state index < -0.39 is 6.03 Å². The first-order chi connectivity index (χ1) is 10.6. The van der Waals surface area contributed by atoms with Crippen molar-refractivity contribution in [2.75, 3.05) is 26.7 Å². The third-order valence-corrected chi connectivity index (χ3v) is 3.83. The molecule has 1 fully saturated rings. The number of carbonyl (C=O) groups excluding carboxylic acids is 3. The van der Waals surface area contributed by atoms with Crippen LogP contribution in [0.25, 0.3) is 0 Å². The quantitative estimate of drug-likeness (QED) is 0.826. The highest BCUT2D eigenvalue weighted by Crippen LogP contribution is 2.31. The van der Waals surface area contributed by atoms with Gasteiger partial charge in [0.25, 0.3) is 5.91 Å². The Morgan fingerprint density at radius 2 is 2.14 bits per heavy atom. The number of fused-ring (bicyclic) bond motifs is 1. The molecule has 4 amide bonds. The van der Waals surface area contributed by atoms with Gasteiger partial charge >= 0.3 is 6.03 Å². The highest BCUT2D eigenvalue weighted by atomic mass is 16.5. The molecule has 2 heterocycles. The fourth-order valence-electron chi connectivity index (χ4n) is 2.70. The lowest BCUT2D eigenvalue weighted by Crippen LogP contribution is -2.42. The van der Waals surface area contributed by atoms with Gasteiger partial charge in [0.15, 0.2) is 0 Å². The molecule has 1 saturated heterocycles. The van der Waals surface area contributed by atoms with Gasteiger partial charge in [-0.3, -0.25) is 14.5 Å². The van der Waals surface area contributed by atoms with Crippen LogP contribution < -0.4 is 10.1 Å². The van der Waals surface area contributed by atoms with E-state index in [2.05, 4.69) is 5.32 Å². The standard InChI is InChI=1S/C15H17N3O4/c1-17-9-14(20)18(15(17)21)8-13(19)16-11-6-7-22-12-5-3-2-4-10(11)12/h2-5,11H,6-9H2,1H3,(H,16,19)/t11-/m0/s1. The van der Waals surface area contributed by atoms with Crippen LogP contribution >= 0.6 is 0 Å². The Kier molecular flexibility index (Phi) is 3.70. The molecule has 1 aromatic carbocycles. The van der Waals surface area contributed by atoms with Gasteiger partial charge in [-0.05, 0) is 6.07 Å². The zero-order valence-corrected chi connectivity index (χ0v) is 12.2. The van der Waals surface area contributed by atoms with E-state index in [1.807, 2.05) is 24.3 Å². The average molecular weight is 303 g/mol. The van der Waals surface area contributed by atoms with Gasteiger partial charge in [0.05, 0.1) is 12.6 Å². The molecule has 0 aromatic heterocycles. The zero-order valence-electron chi connectivity index (χ0n) is 12.2. The Morgan fingerprint density at radius 1 is 1.36 bits per heavy atom. The summed E-state index contributed by atoms with van der Waals surface area (Å²) in [6.07, 6.45) is 0.657. The van der Waals surface area contributed by atoms with E-state index >= 15 is 0 Å². The number of ether oxygens (including phenoxy) is 1. The molecule has 1 atom stereocenters. The normalized spacial score (nSPS) is 20.7. The van der Waals surface area contributed by atoms with Crippen LogP contribution in [0.3, 0.4) is 0 Å². The molecule has 0 bridgehead atoms. The maximum absolute atomic E-state index is 12.2. The summed E-state index contributed by atoms with van der Waals surface area (Å²) in [5.41, 5.74) is 0.915. The van der Waals surface area contributed by atoms with Gasteiger partial charge in [-0.2, -0.15) is 0 Å². The molecule has 0 saturated carbocycles. The second-order valence-corrected chi connectivity index (χ2v) is 5.41. The lowest BCUT2D eigenvalue weighted by molar-refractivity contribution is -0.131. The third kappa shape index (κ3) is 2.61. The Labute approximate surface area is 127 Å². The first-order valence-electron chi connectivity index (χ1n) is 7.13. The molecule has 116 valence electrons. The summed E-state index contributed by atoms with van der Waals surface area (Å²) in [5, 5.41) is 2.87. The highest BCUT2D eigenvalue weighted by Gasteiger charge is 2.35. The Balaban J connectivity index is 1.66. The molecule has 0 spiro atoms. The number of hydrogen-bond acceptors (Lipinski definition) is 4. The lowest BCUT2D eigenvalue weighted by Gasteiger charge is -2.27. The minimum atomic E-state index is -0.437. The molecule has 2 aliphatic heterocycles. The summed E-state index contributed by atoms with van der Waals surface area (Å²) in [7, 11) is 1.53. The van der Waals surface area contributed by atoms with Crippen molar-refractivity contribution in [3.63, 3.8) is 0 Å². The Morgan fingerprint density at radius 3 is 2.86 bits per heavy atom. The van der Waals surface area contributed by atoms with E-state index in [-0.39, 0.29) is 30.9 Å². The number of nitrogens with zero attached hydrogens (tertiary/aromatic N) is 2. The summed E-state index contributed by atoms with van der Waals surface area (Å²) in [4.78, 5) is 37.9. The van der Waals surface area contributed by atoms with Crippen molar-refractivity contribution in [3.8, 4) is 5.75 Å². The molecule has 1 N–H and O–H groups in total. The molecule has 2 aliphatic rings. The van der Waals surface area contributed by atoms with E-state index in [4.69, 9.17) is 4.74 Å². The average Bonchev–Trinajstić information content (AvgIpc) is 2.74. The summed E-state index contributed by atoms with van der Waals surface area (Å²) < 4.78 is 5.54. The van der Waals surface area contributed by atoms with Crippen LogP contribution in [0.4, 0.5) is 4.79 Å². The van der Waals surface area contributed by atoms with E-state index in [0.29, 0.717) is 13.0 Å². The molecular formula is C15H17N3O4. The van der Waals surface area contributed by atoms with E-state index in [9.17, 15) is 14.4 Å². The van der Waals surface area contributed by atoms with Gasteiger partial charge in [-0.25, -0.2) is 4.79 Å². The first kappa shape index (κ1) is 14.4. The van der Waals surface area contributed by atoms with Crippen LogP contribution in [-0.4, -0.2) is 54.4 Å². The second-order valence-electron chi connectivity index (χ2n) is 5.41.